The Kier molecular flexibility index (Phi) is 9.09. The Labute approximate surface area is 106 Å². The maximum Gasteiger partial charge on any atom is 0.309 e. The summed E-state index contributed by atoms with van der Waals surface area (Å²) < 4.78 is 4.97. The van der Waals surface area contributed by atoms with Crippen molar-refractivity contribution in [1.29, 1.82) is 0 Å². The molecule has 0 aliphatic rings. The van der Waals surface area contributed by atoms with Crippen molar-refractivity contribution in [2.24, 2.45) is 5.92 Å². The van der Waals surface area contributed by atoms with E-state index in [1.54, 1.807) is 0 Å². The van der Waals surface area contributed by atoms with Gasteiger partial charge >= 0.3 is 5.97 Å². The van der Waals surface area contributed by atoms with E-state index < -0.39 is 0 Å². The first-order chi connectivity index (χ1) is 8.04. The molecule has 0 heterocycles. The van der Waals surface area contributed by atoms with Crippen LogP contribution in [-0.2, 0) is 9.53 Å². The van der Waals surface area contributed by atoms with E-state index in [1.165, 1.54) is 0 Å². The molecule has 0 radical (unpaired) electrons. The van der Waals surface area contributed by atoms with Crippen LogP contribution in [0.15, 0.2) is 0 Å². The minimum atomic E-state index is -0.116. The Morgan fingerprint density at radius 2 is 1.82 bits per heavy atom. The van der Waals surface area contributed by atoms with E-state index in [-0.39, 0.29) is 11.9 Å². The number of carbonyl (C=O) groups excluding carboxylic acids is 1. The Bertz CT molecular complexity index is 206. The number of rotatable bonds is 9. The van der Waals surface area contributed by atoms with Crippen LogP contribution in [0, 0.1) is 5.92 Å². The highest BCUT2D eigenvalue weighted by atomic mass is 16.5. The molecule has 0 amide bonds. The summed E-state index contributed by atoms with van der Waals surface area (Å²) in [7, 11) is 0. The summed E-state index contributed by atoms with van der Waals surface area (Å²) >= 11 is 0. The molecule has 0 aromatic carbocycles. The van der Waals surface area contributed by atoms with Crippen LogP contribution in [-0.4, -0.2) is 49.7 Å². The molecule has 0 aromatic rings. The van der Waals surface area contributed by atoms with Gasteiger partial charge in [-0.15, -0.1) is 0 Å². The summed E-state index contributed by atoms with van der Waals surface area (Å²) in [5, 5.41) is 3.38. The molecule has 0 aliphatic carbocycles. The van der Waals surface area contributed by atoms with Crippen LogP contribution in [0.2, 0.25) is 0 Å². The number of carbonyl (C=O) groups is 1. The normalized spacial score (nSPS) is 14.7. The lowest BCUT2D eigenvalue weighted by Gasteiger charge is -2.24. The monoisotopic (exact) mass is 244 g/mol. The highest BCUT2D eigenvalue weighted by Crippen LogP contribution is 1.98. The summed E-state index contributed by atoms with van der Waals surface area (Å²) in [5.41, 5.74) is 0. The third-order valence-electron chi connectivity index (χ3n) is 2.89. The van der Waals surface area contributed by atoms with Crippen LogP contribution in [0.5, 0.6) is 0 Å². The van der Waals surface area contributed by atoms with Gasteiger partial charge in [0.2, 0.25) is 0 Å². The van der Waals surface area contributed by atoms with Gasteiger partial charge in [0, 0.05) is 19.1 Å². The van der Waals surface area contributed by atoms with Crippen molar-refractivity contribution < 1.29 is 9.53 Å². The zero-order valence-electron chi connectivity index (χ0n) is 12.0. The Morgan fingerprint density at radius 1 is 1.24 bits per heavy atom. The van der Waals surface area contributed by atoms with E-state index in [0.29, 0.717) is 19.2 Å². The van der Waals surface area contributed by atoms with Crippen molar-refractivity contribution in [2.75, 3.05) is 32.8 Å². The molecule has 0 saturated carbocycles. The van der Waals surface area contributed by atoms with E-state index in [1.807, 2.05) is 13.8 Å². The molecule has 0 spiro atoms. The lowest BCUT2D eigenvalue weighted by molar-refractivity contribution is -0.147. The smallest absolute Gasteiger partial charge is 0.309 e. The van der Waals surface area contributed by atoms with Gasteiger partial charge in [-0.3, -0.25) is 4.79 Å². The molecule has 102 valence electrons. The molecule has 2 atom stereocenters. The van der Waals surface area contributed by atoms with Gasteiger partial charge in [0.05, 0.1) is 12.5 Å². The second-order valence-electron chi connectivity index (χ2n) is 4.45. The van der Waals surface area contributed by atoms with Gasteiger partial charge in [0.25, 0.3) is 0 Å². The van der Waals surface area contributed by atoms with E-state index in [9.17, 15) is 4.79 Å². The second kappa shape index (κ2) is 9.42. The summed E-state index contributed by atoms with van der Waals surface area (Å²) in [6.45, 7) is 14.5. The molecule has 1 N–H and O–H groups in total. The molecule has 0 saturated heterocycles. The minimum absolute atomic E-state index is 0.0749. The first kappa shape index (κ1) is 16.4. The fourth-order valence-electron chi connectivity index (χ4n) is 1.68. The molecule has 0 fully saturated rings. The molecule has 0 rings (SSSR count). The zero-order chi connectivity index (χ0) is 13.3. The molecule has 17 heavy (non-hydrogen) atoms. The number of hydrogen-bond donors (Lipinski definition) is 1. The summed E-state index contributed by atoms with van der Waals surface area (Å²) in [4.78, 5) is 13.8. The predicted octanol–water partition coefficient (Wildman–Crippen LogP) is 1.51. The van der Waals surface area contributed by atoms with Crippen LogP contribution in [0.25, 0.3) is 0 Å². The summed E-state index contributed by atoms with van der Waals surface area (Å²) in [6.07, 6.45) is 0. The van der Waals surface area contributed by atoms with E-state index >= 15 is 0 Å². The first-order valence-corrected chi connectivity index (χ1v) is 6.67. The number of nitrogens with one attached hydrogen (secondary N) is 1. The number of nitrogens with zero attached hydrogens (tertiary/aromatic N) is 1. The van der Waals surface area contributed by atoms with Crippen LogP contribution in [0.1, 0.15) is 34.6 Å². The maximum absolute atomic E-state index is 11.4. The van der Waals surface area contributed by atoms with Crippen molar-refractivity contribution in [3.63, 3.8) is 0 Å². The SMILES string of the molecule is CCOC(=O)C(C)CNC(C)CN(CC)CC. The van der Waals surface area contributed by atoms with Crippen molar-refractivity contribution in [2.45, 2.75) is 40.7 Å². The van der Waals surface area contributed by atoms with Crippen LogP contribution in [0.3, 0.4) is 0 Å². The fraction of sp³-hybridized carbons (Fsp3) is 0.923. The lowest BCUT2D eigenvalue weighted by Crippen LogP contribution is -2.41. The molecule has 0 aliphatic heterocycles. The minimum Gasteiger partial charge on any atom is -0.466 e. The van der Waals surface area contributed by atoms with Crippen molar-refractivity contribution in [1.82, 2.24) is 10.2 Å². The van der Waals surface area contributed by atoms with Crippen molar-refractivity contribution in [3.05, 3.63) is 0 Å². The van der Waals surface area contributed by atoms with E-state index in [2.05, 4.69) is 31.0 Å². The summed E-state index contributed by atoms with van der Waals surface area (Å²) in [5.74, 6) is -0.191. The molecule has 0 aromatic heterocycles. The van der Waals surface area contributed by atoms with Crippen LogP contribution >= 0.6 is 0 Å². The molecule has 4 nitrogen and oxygen atoms in total. The largest absolute Gasteiger partial charge is 0.466 e. The highest BCUT2D eigenvalue weighted by Gasteiger charge is 2.15. The second-order valence-corrected chi connectivity index (χ2v) is 4.45. The first-order valence-electron chi connectivity index (χ1n) is 6.67. The van der Waals surface area contributed by atoms with Gasteiger partial charge in [-0.2, -0.15) is 0 Å². The number of esters is 1. The third-order valence-corrected chi connectivity index (χ3v) is 2.89. The molecular weight excluding hydrogens is 216 g/mol. The topological polar surface area (TPSA) is 41.6 Å². The van der Waals surface area contributed by atoms with E-state index in [4.69, 9.17) is 4.74 Å². The molecule has 0 bridgehead atoms. The van der Waals surface area contributed by atoms with Crippen LogP contribution in [0.4, 0.5) is 0 Å². The van der Waals surface area contributed by atoms with Crippen LogP contribution < -0.4 is 5.32 Å². The van der Waals surface area contributed by atoms with Crippen molar-refractivity contribution in [3.8, 4) is 0 Å². The fourth-order valence-corrected chi connectivity index (χ4v) is 1.68. The molecule has 4 heteroatoms. The third kappa shape index (κ3) is 7.34. The van der Waals surface area contributed by atoms with Gasteiger partial charge in [0.15, 0.2) is 0 Å². The summed E-state index contributed by atoms with van der Waals surface area (Å²) in [6, 6.07) is 0.395. The Hall–Kier alpha value is -0.610. The van der Waals surface area contributed by atoms with Gasteiger partial charge in [-0.05, 0) is 26.9 Å². The van der Waals surface area contributed by atoms with E-state index in [0.717, 1.165) is 19.6 Å². The zero-order valence-corrected chi connectivity index (χ0v) is 12.0. The Morgan fingerprint density at radius 3 is 2.29 bits per heavy atom. The van der Waals surface area contributed by atoms with Gasteiger partial charge in [-0.1, -0.05) is 20.8 Å². The number of hydrogen-bond acceptors (Lipinski definition) is 4. The average molecular weight is 244 g/mol. The Balaban J connectivity index is 3.82. The van der Waals surface area contributed by atoms with Gasteiger partial charge in [0.1, 0.15) is 0 Å². The molecule has 2 unspecified atom stereocenters. The van der Waals surface area contributed by atoms with Gasteiger partial charge in [-0.25, -0.2) is 0 Å². The highest BCUT2D eigenvalue weighted by molar-refractivity contribution is 5.72. The average Bonchev–Trinajstić information content (AvgIpc) is 2.33. The standard InChI is InChI=1S/C13H28N2O2/c1-6-15(7-2)10-12(5)14-9-11(4)13(16)17-8-3/h11-12,14H,6-10H2,1-5H3. The predicted molar refractivity (Wildman–Crippen MR) is 71.0 cm³/mol. The number of likely N-dealkylation sites (N-methyl/N-ethyl adjacent to an activating group) is 1. The maximum atomic E-state index is 11.4. The van der Waals surface area contributed by atoms with Crippen molar-refractivity contribution >= 4 is 5.97 Å². The number of ether oxygens (including phenoxy) is 1. The van der Waals surface area contributed by atoms with Gasteiger partial charge < -0.3 is 15.0 Å². The molecular formula is C13H28N2O2. The quantitative estimate of drug-likeness (QED) is 0.624. The lowest BCUT2D eigenvalue weighted by atomic mass is 10.1.